The number of aliphatic hydroxyl groups excluding tert-OH is 1. The van der Waals surface area contributed by atoms with Gasteiger partial charge in [-0.05, 0) is 24.1 Å². The van der Waals surface area contributed by atoms with Gasteiger partial charge < -0.3 is 5.11 Å². The molecule has 1 aliphatic rings. The van der Waals surface area contributed by atoms with Crippen molar-refractivity contribution in [3.63, 3.8) is 0 Å². The lowest BCUT2D eigenvalue weighted by Crippen LogP contribution is -2.00. The van der Waals surface area contributed by atoms with Crippen molar-refractivity contribution in [1.29, 1.82) is 0 Å². The monoisotopic (exact) mass is 194 g/mol. The van der Waals surface area contributed by atoms with Crippen molar-refractivity contribution in [2.24, 2.45) is 0 Å². The average Bonchev–Trinajstić information content (AvgIpc) is 2.52. The molecule has 0 spiro atoms. The first-order chi connectivity index (χ1) is 6.25. The molecule has 1 nitrogen and oxygen atoms in total. The molecule has 1 N–H and O–H groups in total. The maximum Gasteiger partial charge on any atom is 0.0729 e. The van der Waals surface area contributed by atoms with Gasteiger partial charge in [-0.15, -0.1) is 0 Å². The van der Waals surface area contributed by atoms with Gasteiger partial charge in [-0.1, -0.05) is 35.9 Å². The summed E-state index contributed by atoms with van der Waals surface area (Å²) in [6.45, 7) is 0. The highest BCUT2D eigenvalue weighted by molar-refractivity contribution is 6.30. The number of allylic oxidation sites excluding steroid dienone is 1. The molecule has 0 radical (unpaired) electrons. The number of hydrogen-bond acceptors (Lipinski definition) is 1. The second-order valence-electron chi connectivity index (χ2n) is 3.35. The molecule has 0 amide bonds. The smallest absolute Gasteiger partial charge is 0.0729 e. The van der Waals surface area contributed by atoms with Crippen LogP contribution in [-0.2, 0) is 0 Å². The first-order valence-electron chi connectivity index (χ1n) is 4.37. The Morgan fingerprint density at radius 1 is 1.31 bits per heavy atom. The number of aliphatic hydroxyl groups is 1. The third kappa shape index (κ3) is 1.93. The SMILES string of the molecule is O[C@H]1C=C[C@H](c2cccc(Cl)c2)C1. The van der Waals surface area contributed by atoms with E-state index in [0.29, 0.717) is 5.92 Å². The van der Waals surface area contributed by atoms with Gasteiger partial charge in [0.05, 0.1) is 6.10 Å². The van der Waals surface area contributed by atoms with Crippen LogP contribution < -0.4 is 0 Å². The molecule has 0 heterocycles. The maximum absolute atomic E-state index is 9.31. The van der Waals surface area contributed by atoms with Gasteiger partial charge in [0.25, 0.3) is 0 Å². The molecule has 68 valence electrons. The molecule has 0 aliphatic heterocycles. The molecule has 0 fully saturated rings. The van der Waals surface area contributed by atoms with Gasteiger partial charge in [0.1, 0.15) is 0 Å². The van der Waals surface area contributed by atoms with Crippen LogP contribution in [0.3, 0.4) is 0 Å². The van der Waals surface area contributed by atoms with E-state index in [-0.39, 0.29) is 6.10 Å². The molecule has 0 saturated heterocycles. The summed E-state index contributed by atoms with van der Waals surface area (Å²) in [6, 6.07) is 7.80. The van der Waals surface area contributed by atoms with Crippen LogP contribution in [-0.4, -0.2) is 11.2 Å². The van der Waals surface area contributed by atoms with Crippen LogP contribution in [0.1, 0.15) is 17.9 Å². The fraction of sp³-hybridized carbons (Fsp3) is 0.273. The number of benzene rings is 1. The van der Waals surface area contributed by atoms with Crippen LogP contribution in [0.25, 0.3) is 0 Å². The predicted molar refractivity (Wildman–Crippen MR) is 54.0 cm³/mol. The van der Waals surface area contributed by atoms with Gasteiger partial charge in [-0.3, -0.25) is 0 Å². The van der Waals surface area contributed by atoms with E-state index in [2.05, 4.69) is 0 Å². The summed E-state index contributed by atoms with van der Waals surface area (Å²) in [6.07, 6.45) is 4.37. The zero-order valence-electron chi connectivity index (χ0n) is 7.15. The molecule has 2 rings (SSSR count). The van der Waals surface area contributed by atoms with Gasteiger partial charge in [-0.2, -0.15) is 0 Å². The van der Waals surface area contributed by atoms with E-state index in [1.807, 2.05) is 36.4 Å². The minimum absolute atomic E-state index is 0.288. The molecule has 0 saturated carbocycles. The highest BCUT2D eigenvalue weighted by atomic mass is 35.5. The molecule has 0 bridgehead atoms. The standard InChI is InChI=1S/C11H11ClO/c12-10-3-1-2-8(6-10)9-4-5-11(13)7-9/h1-6,9,11,13H,7H2/t9-,11-/m0/s1. The Hall–Kier alpha value is -0.790. The second-order valence-corrected chi connectivity index (χ2v) is 3.79. The predicted octanol–water partition coefficient (Wildman–Crippen LogP) is 2.74. The minimum atomic E-state index is -0.288. The average molecular weight is 195 g/mol. The number of rotatable bonds is 1. The summed E-state index contributed by atoms with van der Waals surface area (Å²) < 4.78 is 0. The maximum atomic E-state index is 9.31. The van der Waals surface area contributed by atoms with Crippen LogP contribution in [0.15, 0.2) is 36.4 Å². The molecule has 1 aromatic rings. The van der Waals surface area contributed by atoms with Crippen LogP contribution in [0.4, 0.5) is 0 Å². The zero-order valence-corrected chi connectivity index (χ0v) is 7.91. The lowest BCUT2D eigenvalue weighted by molar-refractivity contribution is 0.218. The molecular formula is C11H11ClO. The zero-order chi connectivity index (χ0) is 9.26. The van der Waals surface area contributed by atoms with E-state index in [1.54, 1.807) is 0 Å². The van der Waals surface area contributed by atoms with Gasteiger partial charge in [0, 0.05) is 10.9 Å². The van der Waals surface area contributed by atoms with Crippen molar-refractivity contribution in [3.8, 4) is 0 Å². The molecule has 1 aliphatic carbocycles. The first kappa shape index (κ1) is 8.79. The van der Waals surface area contributed by atoms with E-state index < -0.39 is 0 Å². The van der Waals surface area contributed by atoms with Gasteiger partial charge in [0.15, 0.2) is 0 Å². The third-order valence-electron chi connectivity index (χ3n) is 2.34. The Kier molecular flexibility index (Phi) is 2.38. The summed E-state index contributed by atoms with van der Waals surface area (Å²) in [5, 5.41) is 10.1. The van der Waals surface area contributed by atoms with Crippen LogP contribution in [0.5, 0.6) is 0 Å². The fourth-order valence-corrected chi connectivity index (χ4v) is 1.86. The lowest BCUT2D eigenvalue weighted by Gasteiger charge is -2.08. The largest absolute Gasteiger partial charge is 0.389 e. The van der Waals surface area contributed by atoms with E-state index in [1.165, 1.54) is 5.56 Å². The highest BCUT2D eigenvalue weighted by Crippen LogP contribution is 2.29. The van der Waals surface area contributed by atoms with Gasteiger partial charge in [-0.25, -0.2) is 0 Å². The topological polar surface area (TPSA) is 20.2 Å². The Morgan fingerprint density at radius 3 is 2.77 bits per heavy atom. The van der Waals surface area contributed by atoms with Crippen molar-refractivity contribution in [2.75, 3.05) is 0 Å². The first-order valence-corrected chi connectivity index (χ1v) is 4.75. The summed E-state index contributed by atoms with van der Waals surface area (Å²) in [5.41, 5.74) is 1.18. The van der Waals surface area contributed by atoms with Gasteiger partial charge >= 0.3 is 0 Å². The molecular weight excluding hydrogens is 184 g/mol. The summed E-state index contributed by atoms with van der Waals surface area (Å²) in [5.74, 6) is 0.327. The van der Waals surface area contributed by atoms with E-state index in [4.69, 9.17) is 11.6 Å². The molecule has 1 aromatic carbocycles. The molecule has 2 atom stereocenters. The Morgan fingerprint density at radius 2 is 2.15 bits per heavy atom. The van der Waals surface area contributed by atoms with Crippen LogP contribution >= 0.6 is 11.6 Å². The molecule has 13 heavy (non-hydrogen) atoms. The fourth-order valence-electron chi connectivity index (χ4n) is 1.66. The highest BCUT2D eigenvalue weighted by Gasteiger charge is 2.17. The van der Waals surface area contributed by atoms with E-state index in [9.17, 15) is 5.11 Å². The summed E-state index contributed by atoms with van der Waals surface area (Å²) in [7, 11) is 0. The Bertz CT molecular complexity index is 333. The van der Waals surface area contributed by atoms with Gasteiger partial charge in [0.2, 0.25) is 0 Å². The van der Waals surface area contributed by atoms with Crippen molar-refractivity contribution in [2.45, 2.75) is 18.4 Å². The quantitative estimate of drug-likeness (QED) is 0.682. The minimum Gasteiger partial charge on any atom is -0.389 e. The lowest BCUT2D eigenvalue weighted by atomic mass is 9.98. The normalized spacial score (nSPS) is 26.6. The third-order valence-corrected chi connectivity index (χ3v) is 2.57. The van der Waals surface area contributed by atoms with Crippen LogP contribution in [0, 0.1) is 0 Å². The second kappa shape index (κ2) is 3.52. The Balaban J connectivity index is 2.22. The molecule has 0 aromatic heterocycles. The van der Waals surface area contributed by atoms with Crippen molar-refractivity contribution in [3.05, 3.63) is 47.0 Å². The summed E-state index contributed by atoms with van der Waals surface area (Å²) in [4.78, 5) is 0. The van der Waals surface area contributed by atoms with Crippen molar-refractivity contribution in [1.82, 2.24) is 0 Å². The van der Waals surface area contributed by atoms with E-state index >= 15 is 0 Å². The number of hydrogen-bond donors (Lipinski definition) is 1. The number of halogens is 1. The van der Waals surface area contributed by atoms with Crippen molar-refractivity contribution < 1.29 is 5.11 Å². The molecule has 0 unspecified atom stereocenters. The van der Waals surface area contributed by atoms with Crippen LogP contribution in [0.2, 0.25) is 5.02 Å². The Labute approximate surface area is 82.7 Å². The van der Waals surface area contributed by atoms with E-state index in [0.717, 1.165) is 11.4 Å². The van der Waals surface area contributed by atoms with Crippen molar-refractivity contribution >= 4 is 11.6 Å². The molecule has 2 heteroatoms. The summed E-state index contributed by atoms with van der Waals surface area (Å²) >= 11 is 5.87.